The Kier molecular flexibility index (Phi) is 7.50. The number of aliphatic hydroxyl groups excluding tert-OH is 6. The average molecular weight is 378 g/mol. The van der Waals surface area contributed by atoms with Gasteiger partial charge in [-0.05, 0) is 12.5 Å². The first-order valence-corrected chi connectivity index (χ1v) is 8.41. The van der Waals surface area contributed by atoms with Crippen molar-refractivity contribution in [2.24, 2.45) is 5.92 Å². The molecule has 2 aliphatic rings. The summed E-state index contributed by atoms with van der Waals surface area (Å²) in [6.45, 7) is 0.282. The molecule has 2 rings (SSSR count). The highest BCUT2D eigenvalue weighted by Crippen LogP contribution is 2.29. The largest absolute Gasteiger partial charge is 0.462 e. The lowest BCUT2D eigenvalue weighted by atomic mass is 9.87. The zero-order valence-electron chi connectivity index (χ0n) is 14.4. The maximum absolute atomic E-state index is 11.8. The van der Waals surface area contributed by atoms with E-state index in [1.54, 1.807) is 0 Å². The van der Waals surface area contributed by atoms with Crippen molar-refractivity contribution >= 4 is 5.97 Å². The topological polar surface area (TPSA) is 166 Å². The first-order chi connectivity index (χ1) is 12.3. The lowest BCUT2D eigenvalue weighted by molar-refractivity contribution is -0.303. The SMILES string of the molecule is C[C@@H](O)[C@@H](CO[C@@H]1O[C@H](CO)[C@@H](O)[C@H](O)[C@H]1O)C1=C(CO)C(=O)OCC1. The fourth-order valence-electron chi connectivity index (χ4n) is 3.13. The van der Waals surface area contributed by atoms with Crippen LogP contribution in [0.5, 0.6) is 0 Å². The van der Waals surface area contributed by atoms with E-state index < -0.39 is 61.9 Å². The Hall–Kier alpha value is -1.11. The Bertz CT molecular complexity index is 517. The third kappa shape index (κ3) is 4.41. The summed E-state index contributed by atoms with van der Waals surface area (Å²) in [6.07, 6.45) is -7.73. The molecule has 0 bridgehead atoms. The van der Waals surface area contributed by atoms with Gasteiger partial charge in [-0.1, -0.05) is 0 Å². The van der Waals surface area contributed by atoms with E-state index in [4.69, 9.17) is 14.2 Å². The van der Waals surface area contributed by atoms with Gasteiger partial charge < -0.3 is 44.8 Å². The molecule has 2 aliphatic heterocycles. The monoisotopic (exact) mass is 378 g/mol. The predicted molar refractivity (Wildman–Crippen MR) is 84.6 cm³/mol. The normalized spacial score (nSPS) is 35.2. The molecule has 2 heterocycles. The lowest BCUT2D eigenvalue weighted by Gasteiger charge is -2.40. The quantitative estimate of drug-likeness (QED) is 0.252. The summed E-state index contributed by atoms with van der Waals surface area (Å²) in [4.78, 5) is 11.8. The Morgan fingerprint density at radius 2 is 1.88 bits per heavy atom. The van der Waals surface area contributed by atoms with Crippen LogP contribution in [0.25, 0.3) is 0 Å². The van der Waals surface area contributed by atoms with Gasteiger partial charge in [-0.2, -0.15) is 0 Å². The molecule has 0 saturated carbocycles. The number of hydrogen-bond acceptors (Lipinski definition) is 10. The van der Waals surface area contributed by atoms with Crippen molar-refractivity contribution < 1.29 is 49.6 Å². The van der Waals surface area contributed by atoms with Gasteiger partial charge in [0, 0.05) is 12.3 Å². The number of carbonyl (C=O) groups excluding carboxylic acids is 1. The summed E-state index contributed by atoms with van der Waals surface area (Å²) < 4.78 is 15.6. The van der Waals surface area contributed by atoms with Crippen LogP contribution in [0.3, 0.4) is 0 Å². The van der Waals surface area contributed by atoms with Crippen molar-refractivity contribution in [1.82, 2.24) is 0 Å². The summed E-state index contributed by atoms with van der Waals surface area (Å²) in [5.41, 5.74) is 0.544. The number of hydrogen-bond donors (Lipinski definition) is 6. The molecule has 0 aromatic heterocycles. The average Bonchev–Trinajstić information content (AvgIpc) is 2.61. The van der Waals surface area contributed by atoms with Crippen LogP contribution < -0.4 is 0 Å². The van der Waals surface area contributed by atoms with Crippen molar-refractivity contribution in [3.05, 3.63) is 11.1 Å². The number of carbonyl (C=O) groups is 1. The van der Waals surface area contributed by atoms with Crippen LogP contribution in [0.15, 0.2) is 11.1 Å². The summed E-state index contributed by atoms with van der Waals surface area (Å²) in [5, 5.41) is 58.2. The Labute approximate surface area is 150 Å². The molecule has 0 radical (unpaired) electrons. The van der Waals surface area contributed by atoms with Crippen molar-refractivity contribution in [3.8, 4) is 0 Å². The molecule has 150 valence electrons. The highest BCUT2D eigenvalue weighted by molar-refractivity contribution is 5.90. The van der Waals surface area contributed by atoms with Crippen LogP contribution in [0.4, 0.5) is 0 Å². The lowest BCUT2D eigenvalue weighted by Crippen LogP contribution is -2.59. The minimum Gasteiger partial charge on any atom is -0.462 e. The summed E-state index contributed by atoms with van der Waals surface area (Å²) in [5.74, 6) is -1.34. The van der Waals surface area contributed by atoms with Crippen molar-refractivity contribution in [2.45, 2.75) is 50.2 Å². The molecule has 0 aliphatic carbocycles. The van der Waals surface area contributed by atoms with Crippen LogP contribution in [-0.2, 0) is 19.0 Å². The van der Waals surface area contributed by atoms with E-state index >= 15 is 0 Å². The van der Waals surface area contributed by atoms with E-state index in [-0.39, 0.29) is 18.8 Å². The standard InChI is InChI=1S/C16H26O10/c1-7(19)10(8-2-3-24-15(23)9(8)4-17)6-25-16-14(22)13(21)12(20)11(5-18)26-16/h7,10-14,16-22H,2-6H2,1H3/t7-,10-,11-,12-,13+,14-,16-/m1/s1. The smallest absolute Gasteiger partial charge is 0.336 e. The summed E-state index contributed by atoms with van der Waals surface area (Å²) in [7, 11) is 0. The third-order valence-electron chi connectivity index (χ3n) is 4.72. The van der Waals surface area contributed by atoms with Crippen LogP contribution >= 0.6 is 0 Å². The molecule has 0 spiro atoms. The molecule has 10 heteroatoms. The number of ether oxygens (including phenoxy) is 3. The molecule has 0 aromatic carbocycles. The number of cyclic esters (lactones) is 1. The highest BCUT2D eigenvalue weighted by atomic mass is 16.7. The van der Waals surface area contributed by atoms with Gasteiger partial charge in [0.1, 0.15) is 24.4 Å². The molecule has 0 aromatic rings. The van der Waals surface area contributed by atoms with Crippen molar-refractivity contribution in [1.29, 1.82) is 0 Å². The minimum atomic E-state index is -1.58. The van der Waals surface area contributed by atoms with Gasteiger partial charge in [-0.25, -0.2) is 4.79 Å². The third-order valence-corrected chi connectivity index (χ3v) is 4.72. The van der Waals surface area contributed by atoms with Gasteiger partial charge in [0.15, 0.2) is 6.29 Å². The maximum Gasteiger partial charge on any atom is 0.336 e. The zero-order valence-corrected chi connectivity index (χ0v) is 14.4. The van der Waals surface area contributed by atoms with Gasteiger partial charge in [0.25, 0.3) is 0 Å². The highest BCUT2D eigenvalue weighted by Gasteiger charge is 2.44. The molecule has 7 atom stereocenters. The fraction of sp³-hybridized carbons (Fsp3) is 0.812. The molecule has 1 saturated heterocycles. The van der Waals surface area contributed by atoms with E-state index in [0.29, 0.717) is 12.0 Å². The van der Waals surface area contributed by atoms with Crippen molar-refractivity contribution in [2.75, 3.05) is 26.4 Å². The molecule has 26 heavy (non-hydrogen) atoms. The predicted octanol–water partition coefficient (Wildman–Crippen LogP) is -2.96. The Balaban J connectivity index is 2.12. The van der Waals surface area contributed by atoms with Gasteiger partial charge >= 0.3 is 5.97 Å². The molecule has 1 fully saturated rings. The fourth-order valence-corrected chi connectivity index (χ4v) is 3.13. The second-order valence-electron chi connectivity index (χ2n) is 6.43. The molecule has 0 unspecified atom stereocenters. The molecular formula is C16H26O10. The van der Waals surface area contributed by atoms with E-state index in [0.717, 1.165) is 0 Å². The van der Waals surface area contributed by atoms with Gasteiger partial charge in [-0.15, -0.1) is 0 Å². The van der Waals surface area contributed by atoms with E-state index in [9.17, 15) is 35.4 Å². The van der Waals surface area contributed by atoms with Crippen LogP contribution in [0.2, 0.25) is 0 Å². The second-order valence-corrected chi connectivity index (χ2v) is 6.43. The number of rotatable bonds is 7. The van der Waals surface area contributed by atoms with E-state index in [1.165, 1.54) is 6.92 Å². The minimum absolute atomic E-state index is 0.0551. The second kappa shape index (κ2) is 9.20. The van der Waals surface area contributed by atoms with E-state index in [1.807, 2.05) is 0 Å². The van der Waals surface area contributed by atoms with Crippen molar-refractivity contribution in [3.63, 3.8) is 0 Å². The molecule has 10 nitrogen and oxygen atoms in total. The first-order valence-electron chi connectivity index (χ1n) is 8.41. The van der Waals surface area contributed by atoms with E-state index in [2.05, 4.69) is 0 Å². The van der Waals surface area contributed by atoms with Gasteiger partial charge in [0.2, 0.25) is 0 Å². The molecule has 0 amide bonds. The Morgan fingerprint density at radius 3 is 2.46 bits per heavy atom. The Morgan fingerprint density at radius 1 is 1.19 bits per heavy atom. The van der Waals surface area contributed by atoms with Gasteiger partial charge in [0.05, 0.1) is 38.1 Å². The molecular weight excluding hydrogens is 352 g/mol. The number of aliphatic hydroxyl groups is 6. The summed E-state index contributed by atoms with van der Waals surface area (Å²) >= 11 is 0. The van der Waals surface area contributed by atoms with Gasteiger partial charge in [-0.3, -0.25) is 0 Å². The summed E-state index contributed by atoms with van der Waals surface area (Å²) in [6, 6.07) is 0. The first kappa shape index (κ1) is 21.2. The van der Waals surface area contributed by atoms with Crippen LogP contribution in [0, 0.1) is 5.92 Å². The zero-order chi connectivity index (χ0) is 19.4. The van der Waals surface area contributed by atoms with Crippen LogP contribution in [-0.4, -0.2) is 99.8 Å². The number of esters is 1. The molecule has 6 N–H and O–H groups in total. The maximum atomic E-state index is 11.8. The van der Waals surface area contributed by atoms with Crippen LogP contribution in [0.1, 0.15) is 13.3 Å².